The second-order valence-corrected chi connectivity index (χ2v) is 5.80. The molecule has 26 heavy (non-hydrogen) atoms. The van der Waals surface area contributed by atoms with Crippen LogP contribution in [0.1, 0.15) is 5.69 Å². The van der Waals surface area contributed by atoms with Crippen molar-refractivity contribution < 1.29 is 0 Å². The lowest BCUT2D eigenvalue weighted by atomic mass is 10.1. The zero-order valence-electron chi connectivity index (χ0n) is 14.1. The maximum absolute atomic E-state index is 6.27. The number of nitrogens with one attached hydrogen (secondary N) is 2. The second kappa shape index (κ2) is 6.64. The third-order valence-corrected chi connectivity index (χ3v) is 3.95. The van der Waals surface area contributed by atoms with Crippen LogP contribution in [-0.2, 0) is 0 Å². The number of benzene rings is 1. The Morgan fingerprint density at radius 2 is 1.65 bits per heavy atom. The first-order chi connectivity index (χ1) is 12.7. The highest BCUT2D eigenvalue weighted by Crippen LogP contribution is 2.30. The number of nitrogens with two attached hydrogens (primary N) is 1. The standard InChI is InChI=1S/C19H17N7/c1-12-5-6-14-15(24-12)3-2-4-16(14)26-19-17(20)18(22-11-23-19)25-13-7-9-21-10-8-13/h2-11H,20H2,1H3,(H2,21,22,23,25,26). The molecule has 4 aromatic rings. The summed E-state index contributed by atoms with van der Waals surface area (Å²) < 4.78 is 0. The van der Waals surface area contributed by atoms with Gasteiger partial charge in [0.05, 0.1) is 5.52 Å². The quantitative estimate of drug-likeness (QED) is 0.518. The molecule has 0 saturated carbocycles. The number of rotatable bonds is 4. The molecule has 0 spiro atoms. The van der Waals surface area contributed by atoms with Gasteiger partial charge in [0, 0.05) is 34.8 Å². The number of nitrogen functional groups attached to an aromatic ring is 1. The minimum Gasteiger partial charge on any atom is -0.393 e. The minimum absolute atomic E-state index is 0.432. The van der Waals surface area contributed by atoms with Gasteiger partial charge < -0.3 is 16.4 Å². The van der Waals surface area contributed by atoms with Crippen molar-refractivity contribution in [2.75, 3.05) is 16.4 Å². The molecule has 1 aromatic carbocycles. The molecule has 0 radical (unpaired) electrons. The predicted octanol–water partition coefficient (Wildman–Crippen LogP) is 3.80. The van der Waals surface area contributed by atoms with E-state index in [1.165, 1.54) is 6.33 Å². The number of anilines is 5. The smallest absolute Gasteiger partial charge is 0.159 e. The van der Waals surface area contributed by atoms with Crippen LogP contribution in [0.3, 0.4) is 0 Å². The molecule has 0 unspecified atom stereocenters. The monoisotopic (exact) mass is 343 g/mol. The number of hydrogen-bond donors (Lipinski definition) is 3. The van der Waals surface area contributed by atoms with Gasteiger partial charge in [-0.05, 0) is 43.3 Å². The highest BCUT2D eigenvalue weighted by molar-refractivity contribution is 5.94. The topological polar surface area (TPSA) is 102 Å². The fraction of sp³-hybridized carbons (Fsp3) is 0.0526. The zero-order valence-corrected chi connectivity index (χ0v) is 14.1. The molecule has 0 amide bonds. The van der Waals surface area contributed by atoms with Crippen molar-refractivity contribution in [2.24, 2.45) is 0 Å². The number of aryl methyl sites for hydroxylation is 1. The van der Waals surface area contributed by atoms with Gasteiger partial charge in [0.15, 0.2) is 11.6 Å². The van der Waals surface area contributed by atoms with Crippen LogP contribution in [0.15, 0.2) is 61.2 Å². The Morgan fingerprint density at radius 1 is 0.885 bits per heavy atom. The average Bonchev–Trinajstić information content (AvgIpc) is 2.66. The normalized spacial score (nSPS) is 10.7. The van der Waals surface area contributed by atoms with Gasteiger partial charge in [-0.25, -0.2) is 9.97 Å². The highest BCUT2D eigenvalue weighted by Gasteiger charge is 2.10. The largest absolute Gasteiger partial charge is 0.393 e. The first-order valence-corrected chi connectivity index (χ1v) is 8.11. The Morgan fingerprint density at radius 3 is 2.46 bits per heavy atom. The Balaban J connectivity index is 1.68. The minimum atomic E-state index is 0.432. The molecule has 4 rings (SSSR count). The van der Waals surface area contributed by atoms with E-state index in [-0.39, 0.29) is 0 Å². The van der Waals surface area contributed by atoms with Crippen molar-refractivity contribution in [3.8, 4) is 0 Å². The van der Waals surface area contributed by atoms with Crippen molar-refractivity contribution in [3.05, 3.63) is 66.9 Å². The van der Waals surface area contributed by atoms with Crippen LogP contribution < -0.4 is 16.4 Å². The lowest BCUT2D eigenvalue weighted by Crippen LogP contribution is -2.05. The molecule has 0 aliphatic rings. The molecule has 4 N–H and O–H groups in total. The van der Waals surface area contributed by atoms with Gasteiger partial charge in [-0.1, -0.05) is 6.07 Å². The third kappa shape index (κ3) is 3.10. The first kappa shape index (κ1) is 15.8. The van der Waals surface area contributed by atoms with Crippen molar-refractivity contribution >= 4 is 39.6 Å². The summed E-state index contributed by atoms with van der Waals surface area (Å²) in [5.41, 5.74) is 10.3. The molecule has 7 heteroatoms. The van der Waals surface area contributed by atoms with Crippen molar-refractivity contribution in [2.45, 2.75) is 6.92 Å². The van der Waals surface area contributed by atoms with Gasteiger partial charge >= 0.3 is 0 Å². The van der Waals surface area contributed by atoms with E-state index in [0.29, 0.717) is 17.3 Å². The molecule has 0 atom stereocenters. The van der Waals surface area contributed by atoms with Crippen LogP contribution in [0.5, 0.6) is 0 Å². The van der Waals surface area contributed by atoms with Crippen LogP contribution in [0, 0.1) is 6.92 Å². The van der Waals surface area contributed by atoms with E-state index in [1.54, 1.807) is 12.4 Å². The van der Waals surface area contributed by atoms with Gasteiger partial charge in [-0.2, -0.15) is 0 Å². The zero-order chi connectivity index (χ0) is 17.9. The predicted molar refractivity (Wildman–Crippen MR) is 104 cm³/mol. The summed E-state index contributed by atoms with van der Waals surface area (Å²) in [4.78, 5) is 17.1. The van der Waals surface area contributed by atoms with E-state index in [1.807, 2.05) is 49.4 Å². The number of pyridine rings is 2. The molecule has 0 bridgehead atoms. The number of nitrogens with zero attached hydrogens (tertiary/aromatic N) is 4. The van der Waals surface area contributed by atoms with E-state index in [0.717, 1.165) is 28.0 Å². The van der Waals surface area contributed by atoms with Crippen molar-refractivity contribution in [1.82, 2.24) is 19.9 Å². The molecule has 0 fully saturated rings. The first-order valence-electron chi connectivity index (χ1n) is 8.11. The maximum Gasteiger partial charge on any atom is 0.159 e. The van der Waals surface area contributed by atoms with Gasteiger partial charge in [0.1, 0.15) is 12.0 Å². The lowest BCUT2D eigenvalue weighted by molar-refractivity contribution is 1.17. The van der Waals surface area contributed by atoms with Crippen LogP contribution in [-0.4, -0.2) is 19.9 Å². The van der Waals surface area contributed by atoms with Gasteiger partial charge in [-0.3, -0.25) is 9.97 Å². The Labute approximate surface area is 150 Å². The Hall–Kier alpha value is -3.74. The number of aromatic nitrogens is 4. The molecule has 0 saturated heterocycles. The van der Waals surface area contributed by atoms with Crippen molar-refractivity contribution in [1.29, 1.82) is 0 Å². The lowest BCUT2D eigenvalue weighted by Gasteiger charge is -2.13. The van der Waals surface area contributed by atoms with Gasteiger partial charge in [0.2, 0.25) is 0 Å². The molecule has 3 aromatic heterocycles. The second-order valence-electron chi connectivity index (χ2n) is 5.80. The number of hydrogen-bond acceptors (Lipinski definition) is 7. The van der Waals surface area contributed by atoms with E-state index in [9.17, 15) is 0 Å². The molecular weight excluding hydrogens is 326 g/mol. The van der Waals surface area contributed by atoms with Gasteiger partial charge in [0.25, 0.3) is 0 Å². The summed E-state index contributed by atoms with van der Waals surface area (Å²) in [6.45, 7) is 1.97. The van der Waals surface area contributed by atoms with Crippen LogP contribution >= 0.6 is 0 Å². The van der Waals surface area contributed by atoms with Gasteiger partial charge in [-0.15, -0.1) is 0 Å². The van der Waals surface area contributed by atoms with E-state index >= 15 is 0 Å². The molecule has 7 nitrogen and oxygen atoms in total. The summed E-state index contributed by atoms with van der Waals surface area (Å²) in [7, 11) is 0. The van der Waals surface area contributed by atoms with E-state index in [4.69, 9.17) is 5.73 Å². The van der Waals surface area contributed by atoms with Crippen LogP contribution in [0.25, 0.3) is 10.9 Å². The molecule has 0 aliphatic heterocycles. The summed E-state index contributed by atoms with van der Waals surface area (Å²) in [5, 5.41) is 7.47. The SMILES string of the molecule is Cc1ccc2c(Nc3ncnc(Nc4ccncc4)c3N)cccc2n1. The molecule has 3 heterocycles. The van der Waals surface area contributed by atoms with E-state index in [2.05, 4.69) is 30.6 Å². The van der Waals surface area contributed by atoms with Crippen LogP contribution in [0.2, 0.25) is 0 Å². The average molecular weight is 343 g/mol. The number of fused-ring (bicyclic) bond motifs is 1. The highest BCUT2D eigenvalue weighted by atomic mass is 15.1. The van der Waals surface area contributed by atoms with Crippen LogP contribution in [0.4, 0.5) is 28.7 Å². The fourth-order valence-electron chi connectivity index (χ4n) is 2.66. The molecule has 128 valence electrons. The fourth-order valence-corrected chi connectivity index (χ4v) is 2.66. The van der Waals surface area contributed by atoms with Crippen molar-refractivity contribution in [3.63, 3.8) is 0 Å². The maximum atomic E-state index is 6.27. The summed E-state index contributed by atoms with van der Waals surface area (Å²) in [6.07, 6.45) is 4.86. The Bertz CT molecular complexity index is 1060. The summed E-state index contributed by atoms with van der Waals surface area (Å²) >= 11 is 0. The molecule has 0 aliphatic carbocycles. The van der Waals surface area contributed by atoms with E-state index < -0.39 is 0 Å². The Kier molecular flexibility index (Phi) is 4.03. The molecular formula is C19H17N7. The summed E-state index contributed by atoms with van der Waals surface area (Å²) in [6, 6.07) is 13.6. The third-order valence-electron chi connectivity index (χ3n) is 3.95. The summed E-state index contributed by atoms with van der Waals surface area (Å²) in [5.74, 6) is 1.06.